The predicted molar refractivity (Wildman–Crippen MR) is 68.5 cm³/mol. The molecule has 0 bridgehead atoms. The minimum Gasteiger partial charge on any atom is -0.467 e. The van der Waals surface area contributed by atoms with Gasteiger partial charge in [-0.05, 0) is 12.8 Å². The Balaban J connectivity index is 1.97. The molecule has 1 N–H and O–H groups in total. The zero-order chi connectivity index (χ0) is 12.4. The summed E-state index contributed by atoms with van der Waals surface area (Å²) in [5.74, 6) is 1.22. The van der Waals surface area contributed by atoms with Gasteiger partial charge in [0.1, 0.15) is 0 Å². The lowest BCUT2D eigenvalue weighted by molar-refractivity contribution is 0.379. The first-order chi connectivity index (χ1) is 8.85. The Morgan fingerprint density at radius 2 is 1.89 bits per heavy atom. The van der Waals surface area contributed by atoms with Crippen molar-refractivity contribution in [3.63, 3.8) is 0 Å². The molecule has 1 heterocycles. The van der Waals surface area contributed by atoms with Crippen LogP contribution >= 0.6 is 0 Å². The Kier molecular flexibility index (Phi) is 2.80. The van der Waals surface area contributed by atoms with Crippen molar-refractivity contribution in [3.8, 4) is 17.4 Å². The fraction of sp³-hybridized carbons (Fsp3) is 0.308. The Labute approximate surface area is 105 Å². The average molecular weight is 242 g/mol. The Bertz CT molecular complexity index is 540. The highest BCUT2D eigenvalue weighted by atomic mass is 16.5. The first kappa shape index (κ1) is 11.0. The van der Waals surface area contributed by atoms with Gasteiger partial charge in [0.05, 0.1) is 7.11 Å². The second-order valence-electron chi connectivity index (χ2n) is 4.25. The molecule has 0 saturated heterocycles. The molecule has 1 aliphatic carbocycles. The number of nitrogens with one attached hydrogen (secondary N) is 1. The first-order valence-electron chi connectivity index (χ1n) is 5.97. The normalized spacial score (nSPS) is 14.3. The molecule has 18 heavy (non-hydrogen) atoms. The number of aromatic nitrogens is 3. The Morgan fingerprint density at radius 1 is 1.11 bits per heavy atom. The molecule has 2 aromatic rings. The Hall–Kier alpha value is -2.17. The molecular weight excluding hydrogens is 228 g/mol. The van der Waals surface area contributed by atoms with Crippen LogP contribution in [-0.2, 0) is 0 Å². The van der Waals surface area contributed by atoms with Gasteiger partial charge in [-0.3, -0.25) is 0 Å². The summed E-state index contributed by atoms with van der Waals surface area (Å²) in [4.78, 5) is 12.9. The molecule has 0 aliphatic heterocycles. The highest BCUT2D eigenvalue weighted by Crippen LogP contribution is 2.25. The summed E-state index contributed by atoms with van der Waals surface area (Å²) in [6.07, 6.45) is 2.35. The van der Waals surface area contributed by atoms with Crippen LogP contribution in [0.25, 0.3) is 11.4 Å². The van der Waals surface area contributed by atoms with Crippen LogP contribution < -0.4 is 10.1 Å². The molecule has 3 rings (SSSR count). The Morgan fingerprint density at radius 3 is 2.56 bits per heavy atom. The zero-order valence-corrected chi connectivity index (χ0v) is 10.1. The first-order valence-corrected chi connectivity index (χ1v) is 5.97. The fourth-order valence-electron chi connectivity index (χ4n) is 1.64. The van der Waals surface area contributed by atoms with E-state index < -0.39 is 0 Å². The maximum atomic E-state index is 5.12. The lowest BCUT2D eigenvalue weighted by Gasteiger charge is -2.07. The maximum absolute atomic E-state index is 5.12. The minimum atomic E-state index is 0.340. The summed E-state index contributed by atoms with van der Waals surface area (Å²) in [7, 11) is 1.56. The van der Waals surface area contributed by atoms with Crippen LogP contribution in [0.4, 0.5) is 5.95 Å². The third-order valence-corrected chi connectivity index (χ3v) is 2.74. The van der Waals surface area contributed by atoms with Gasteiger partial charge in [0.2, 0.25) is 5.95 Å². The third-order valence-electron chi connectivity index (χ3n) is 2.74. The number of rotatable bonds is 4. The average Bonchev–Trinajstić information content (AvgIpc) is 3.23. The highest BCUT2D eigenvalue weighted by molar-refractivity contribution is 5.56. The third kappa shape index (κ3) is 2.40. The SMILES string of the molecule is COc1nc(NC2CC2)nc(-c2ccccc2)n1. The molecule has 0 spiro atoms. The van der Waals surface area contributed by atoms with Gasteiger partial charge in [-0.15, -0.1) is 0 Å². The highest BCUT2D eigenvalue weighted by Gasteiger charge is 2.22. The van der Waals surface area contributed by atoms with Crippen LogP contribution in [0.2, 0.25) is 0 Å². The summed E-state index contributed by atoms with van der Waals surface area (Å²) < 4.78 is 5.12. The van der Waals surface area contributed by atoms with E-state index in [0.717, 1.165) is 5.56 Å². The van der Waals surface area contributed by atoms with Crippen molar-refractivity contribution in [2.45, 2.75) is 18.9 Å². The molecule has 1 aromatic heterocycles. The van der Waals surface area contributed by atoms with Crippen molar-refractivity contribution in [1.82, 2.24) is 15.0 Å². The zero-order valence-electron chi connectivity index (χ0n) is 10.1. The molecule has 92 valence electrons. The van der Waals surface area contributed by atoms with Crippen molar-refractivity contribution in [1.29, 1.82) is 0 Å². The van der Waals surface area contributed by atoms with Crippen LogP contribution in [-0.4, -0.2) is 28.1 Å². The van der Waals surface area contributed by atoms with E-state index in [1.807, 2.05) is 30.3 Å². The van der Waals surface area contributed by atoms with E-state index in [4.69, 9.17) is 4.74 Å². The molecule has 1 fully saturated rings. The lowest BCUT2D eigenvalue weighted by Crippen LogP contribution is -2.08. The molecule has 5 heteroatoms. The molecular formula is C13H14N4O. The van der Waals surface area contributed by atoms with E-state index in [0.29, 0.717) is 23.8 Å². The monoisotopic (exact) mass is 242 g/mol. The molecule has 0 unspecified atom stereocenters. The second kappa shape index (κ2) is 4.60. The van der Waals surface area contributed by atoms with Crippen LogP contribution in [0.5, 0.6) is 6.01 Å². The number of benzene rings is 1. The smallest absolute Gasteiger partial charge is 0.321 e. The molecule has 1 saturated carbocycles. The molecule has 5 nitrogen and oxygen atoms in total. The summed E-state index contributed by atoms with van der Waals surface area (Å²) in [6, 6.07) is 10.7. The van der Waals surface area contributed by atoms with Crippen molar-refractivity contribution >= 4 is 5.95 Å². The quantitative estimate of drug-likeness (QED) is 0.889. The van der Waals surface area contributed by atoms with Gasteiger partial charge in [0.25, 0.3) is 0 Å². The molecule has 0 amide bonds. The van der Waals surface area contributed by atoms with Gasteiger partial charge in [0.15, 0.2) is 5.82 Å². The minimum absolute atomic E-state index is 0.340. The summed E-state index contributed by atoms with van der Waals surface area (Å²) >= 11 is 0. The van der Waals surface area contributed by atoms with Crippen molar-refractivity contribution in [2.24, 2.45) is 0 Å². The number of hydrogen-bond acceptors (Lipinski definition) is 5. The van der Waals surface area contributed by atoms with Gasteiger partial charge in [-0.25, -0.2) is 0 Å². The van der Waals surface area contributed by atoms with E-state index in [1.54, 1.807) is 7.11 Å². The molecule has 0 radical (unpaired) electrons. The number of hydrogen-bond donors (Lipinski definition) is 1. The van der Waals surface area contributed by atoms with Crippen molar-refractivity contribution in [3.05, 3.63) is 30.3 Å². The van der Waals surface area contributed by atoms with E-state index in [2.05, 4.69) is 20.3 Å². The summed E-state index contributed by atoms with van der Waals surface area (Å²) in [5, 5.41) is 3.26. The van der Waals surface area contributed by atoms with Crippen LogP contribution in [0.15, 0.2) is 30.3 Å². The van der Waals surface area contributed by atoms with Gasteiger partial charge < -0.3 is 10.1 Å². The fourth-order valence-corrected chi connectivity index (χ4v) is 1.64. The lowest BCUT2D eigenvalue weighted by atomic mass is 10.2. The van der Waals surface area contributed by atoms with Crippen LogP contribution in [0.1, 0.15) is 12.8 Å². The van der Waals surface area contributed by atoms with Gasteiger partial charge in [-0.1, -0.05) is 30.3 Å². The van der Waals surface area contributed by atoms with Crippen LogP contribution in [0.3, 0.4) is 0 Å². The van der Waals surface area contributed by atoms with Gasteiger partial charge in [-0.2, -0.15) is 15.0 Å². The van der Waals surface area contributed by atoms with Crippen LogP contribution in [0, 0.1) is 0 Å². The van der Waals surface area contributed by atoms with Gasteiger partial charge >= 0.3 is 6.01 Å². The second-order valence-corrected chi connectivity index (χ2v) is 4.25. The number of nitrogens with zero attached hydrogens (tertiary/aromatic N) is 3. The van der Waals surface area contributed by atoms with E-state index in [9.17, 15) is 0 Å². The molecule has 1 aliphatic rings. The van der Waals surface area contributed by atoms with E-state index in [1.165, 1.54) is 12.8 Å². The predicted octanol–water partition coefficient (Wildman–Crippen LogP) is 2.12. The van der Waals surface area contributed by atoms with Crippen molar-refractivity contribution in [2.75, 3.05) is 12.4 Å². The standard InChI is InChI=1S/C13H14N4O/c1-18-13-16-11(9-5-3-2-4-6-9)15-12(17-13)14-10-7-8-10/h2-6,10H,7-8H2,1H3,(H,14,15,16,17). The van der Waals surface area contributed by atoms with E-state index >= 15 is 0 Å². The topological polar surface area (TPSA) is 59.9 Å². The summed E-state index contributed by atoms with van der Waals surface area (Å²) in [6.45, 7) is 0. The summed E-state index contributed by atoms with van der Waals surface area (Å²) in [5.41, 5.74) is 0.956. The van der Waals surface area contributed by atoms with E-state index in [-0.39, 0.29) is 0 Å². The van der Waals surface area contributed by atoms with Gasteiger partial charge in [0, 0.05) is 11.6 Å². The number of ether oxygens (including phenoxy) is 1. The molecule has 0 atom stereocenters. The van der Waals surface area contributed by atoms with Crippen molar-refractivity contribution < 1.29 is 4.74 Å². The number of anilines is 1. The number of methoxy groups -OCH3 is 1. The molecule has 1 aromatic carbocycles. The maximum Gasteiger partial charge on any atom is 0.321 e. The largest absolute Gasteiger partial charge is 0.467 e.